The lowest BCUT2D eigenvalue weighted by molar-refractivity contribution is -0.123. The number of esters is 1. The SMILES string of the molecule is CCN(CC)S(=O)(=O)c1cc(C(=O)OCC(=O)NC(=O)NC2CCCCC2)n(C)c1. The lowest BCUT2D eigenvalue weighted by Gasteiger charge is -2.22. The monoisotopic (exact) mass is 442 g/mol. The topological polar surface area (TPSA) is 127 Å². The molecule has 0 radical (unpaired) electrons. The van der Waals surface area contributed by atoms with Crippen LogP contribution in [-0.4, -0.2) is 60.9 Å². The van der Waals surface area contributed by atoms with Crippen LogP contribution in [0.4, 0.5) is 4.79 Å². The highest BCUT2D eigenvalue weighted by molar-refractivity contribution is 7.89. The zero-order chi connectivity index (χ0) is 22.3. The number of amides is 3. The molecule has 0 aliphatic heterocycles. The fourth-order valence-corrected chi connectivity index (χ4v) is 4.96. The Balaban J connectivity index is 1.91. The third-order valence-electron chi connectivity index (χ3n) is 5.06. The molecule has 0 spiro atoms. The Morgan fingerprint density at radius 2 is 1.80 bits per heavy atom. The van der Waals surface area contributed by atoms with E-state index >= 15 is 0 Å². The van der Waals surface area contributed by atoms with Crippen molar-refractivity contribution in [2.75, 3.05) is 19.7 Å². The maximum atomic E-state index is 12.6. The lowest BCUT2D eigenvalue weighted by atomic mass is 9.96. The van der Waals surface area contributed by atoms with Crippen molar-refractivity contribution in [1.82, 2.24) is 19.5 Å². The molecule has 0 atom stereocenters. The minimum Gasteiger partial charge on any atom is -0.451 e. The number of carbonyl (C=O) groups is 3. The van der Waals surface area contributed by atoms with Gasteiger partial charge in [-0.1, -0.05) is 33.1 Å². The zero-order valence-corrected chi connectivity index (χ0v) is 18.5. The molecule has 30 heavy (non-hydrogen) atoms. The van der Waals surface area contributed by atoms with Crippen LogP contribution in [0.2, 0.25) is 0 Å². The van der Waals surface area contributed by atoms with E-state index in [2.05, 4.69) is 10.6 Å². The number of aryl methyl sites for hydroxylation is 1. The normalized spacial score (nSPS) is 15.1. The van der Waals surface area contributed by atoms with Gasteiger partial charge in [0.1, 0.15) is 10.6 Å². The second kappa shape index (κ2) is 10.6. The summed E-state index contributed by atoms with van der Waals surface area (Å²) in [6.07, 6.45) is 6.30. The second-order valence-corrected chi connectivity index (χ2v) is 9.13. The van der Waals surface area contributed by atoms with E-state index in [4.69, 9.17) is 4.74 Å². The van der Waals surface area contributed by atoms with Crippen LogP contribution in [0.1, 0.15) is 56.4 Å². The average molecular weight is 443 g/mol. The summed E-state index contributed by atoms with van der Waals surface area (Å²) in [7, 11) is -2.22. The van der Waals surface area contributed by atoms with Gasteiger partial charge in [-0.2, -0.15) is 4.31 Å². The van der Waals surface area contributed by atoms with Gasteiger partial charge in [0.25, 0.3) is 5.91 Å². The van der Waals surface area contributed by atoms with Gasteiger partial charge in [-0.05, 0) is 18.9 Å². The van der Waals surface area contributed by atoms with Gasteiger partial charge in [-0.15, -0.1) is 0 Å². The van der Waals surface area contributed by atoms with Gasteiger partial charge in [0.2, 0.25) is 10.0 Å². The van der Waals surface area contributed by atoms with Crippen LogP contribution in [0.5, 0.6) is 0 Å². The van der Waals surface area contributed by atoms with Gasteiger partial charge in [-0.3, -0.25) is 10.1 Å². The fraction of sp³-hybridized carbons (Fsp3) is 0.632. The molecule has 2 N–H and O–H groups in total. The van der Waals surface area contributed by atoms with Crippen LogP contribution >= 0.6 is 0 Å². The number of rotatable bonds is 8. The standard InChI is InChI=1S/C19H30N4O6S/c1-4-23(5-2)30(27,28)15-11-16(22(3)12-15)18(25)29-13-17(24)21-19(26)20-14-9-7-6-8-10-14/h11-12,14H,4-10,13H2,1-3H3,(H2,20,21,24,26). The molecule has 0 saturated heterocycles. The van der Waals surface area contributed by atoms with Crippen molar-refractivity contribution in [2.45, 2.75) is 56.9 Å². The molecule has 3 amide bonds. The van der Waals surface area contributed by atoms with Crippen LogP contribution < -0.4 is 10.6 Å². The first-order valence-corrected chi connectivity index (χ1v) is 11.6. The van der Waals surface area contributed by atoms with E-state index in [-0.39, 0.29) is 16.6 Å². The van der Waals surface area contributed by atoms with Crippen molar-refractivity contribution >= 4 is 27.9 Å². The molecule has 1 aliphatic rings. The molecule has 1 aromatic heterocycles. The van der Waals surface area contributed by atoms with Crippen molar-refractivity contribution < 1.29 is 27.5 Å². The van der Waals surface area contributed by atoms with E-state index < -0.39 is 34.5 Å². The first-order valence-electron chi connectivity index (χ1n) is 10.1. The number of imide groups is 1. The van der Waals surface area contributed by atoms with Crippen molar-refractivity contribution in [3.05, 3.63) is 18.0 Å². The lowest BCUT2D eigenvalue weighted by Crippen LogP contribution is -2.46. The predicted molar refractivity (Wildman–Crippen MR) is 109 cm³/mol. The average Bonchev–Trinajstić information content (AvgIpc) is 3.10. The van der Waals surface area contributed by atoms with E-state index in [9.17, 15) is 22.8 Å². The molecule has 1 aromatic rings. The number of nitrogens with one attached hydrogen (secondary N) is 2. The minimum absolute atomic E-state index is 0.0137. The molecule has 1 fully saturated rings. The Labute approximate surface area is 177 Å². The number of urea groups is 1. The summed E-state index contributed by atoms with van der Waals surface area (Å²) >= 11 is 0. The minimum atomic E-state index is -3.73. The molecule has 168 valence electrons. The van der Waals surface area contributed by atoms with E-state index in [1.807, 2.05) is 0 Å². The number of nitrogens with zero attached hydrogens (tertiary/aromatic N) is 2. The molecular weight excluding hydrogens is 412 g/mol. The fourth-order valence-electron chi connectivity index (χ4n) is 3.43. The number of sulfonamides is 1. The molecule has 10 nitrogen and oxygen atoms in total. The van der Waals surface area contributed by atoms with E-state index in [0.717, 1.165) is 32.1 Å². The highest BCUT2D eigenvalue weighted by Crippen LogP contribution is 2.19. The third kappa shape index (κ3) is 6.05. The van der Waals surface area contributed by atoms with Crippen LogP contribution in [-0.2, 0) is 26.6 Å². The third-order valence-corrected chi connectivity index (χ3v) is 7.08. The Morgan fingerprint density at radius 3 is 2.40 bits per heavy atom. The zero-order valence-electron chi connectivity index (χ0n) is 17.6. The van der Waals surface area contributed by atoms with Crippen LogP contribution in [0.3, 0.4) is 0 Å². The summed E-state index contributed by atoms with van der Waals surface area (Å²) in [6.45, 7) is 3.40. The quantitative estimate of drug-likeness (QED) is 0.586. The highest BCUT2D eigenvalue weighted by atomic mass is 32.2. The maximum absolute atomic E-state index is 12.6. The molecule has 0 aromatic carbocycles. The smallest absolute Gasteiger partial charge is 0.355 e. The summed E-state index contributed by atoms with van der Waals surface area (Å²) < 4.78 is 32.7. The Bertz CT molecular complexity index is 870. The van der Waals surface area contributed by atoms with Crippen molar-refractivity contribution in [3.63, 3.8) is 0 Å². The predicted octanol–water partition coefficient (Wildman–Crippen LogP) is 1.37. The number of hydrogen-bond acceptors (Lipinski definition) is 6. The van der Waals surface area contributed by atoms with Crippen LogP contribution in [0.25, 0.3) is 0 Å². The number of aromatic nitrogens is 1. The number of ether oxygens (including phenoxy) is 1. The van der Waals surface area contributed by atoms with Gasteiger partial charge >= 0.3 is 12.0 Å². The molecule has 0 unspecified atom stereocenters. The molecule has 1 aliphatic carbocycles. The summed E-state index contributed by atoms with van der Waals surface area (Å²) in [4.78, 5) is 36.0. The summed E-state index contributed by atoms with van der Waals surface area (Å²) in [6, 6.07) is 0.641. The molecule has 1 heterocycles. The molecule has 11 heteroatoms. The van der Waals surface area contributed by atoms with E-state index in [0.29, 0.717) is 13.1 Å². The van der Waals surface area contributed by atoms with Crippen LogP contribution in [0, 0.1) is 0 Å². The van der Waals surface area contributed by atoms with Gasteiger partial charge in [-0.25, -0.2) is 18.0 Å². The van der Waals surface area contributed by atoms with Gasteiger partial charge in [0, 0.05) is 32.4 Å². The maximum Gasteiger partial charge on any atom is 0.355 e. The van der Waals surface area contributed by atoms with E-state index in [1.54, 1.807) is 13.8 Å². The van der Waals surface area contributed by atoms with Crippen molar-refractivity contribution in [1.29, 1.82) is 0 Å². The molecule has 2 rings (SSSR count). The summed E-state index contributed by atoms with van der Waals surface area (Å²) in [5, 5.41) is 4.87. The Morgan fingerprint density at radius 1 is 1.17 bits per heavy atom. The molecular formula is C19H30N4O6S. The van der Waals surface area contributed by atoms with Gasteiger partial charge in [0.15, 0.2) is 6.61 Å². The molecule has 1 saturated carbocycles. The number of carbonyl (C=O) groups excluding carboxylic acids is 3. The first kappa shape index (κ1) is 23.9. The Kier molecular flexibility index (Phi) is 8.42. The number of hydrogen-bond donors (Lipinski definition) is 2. The van der Waals surface area contributed by atoms with Gasteiger partial charge < -0.3 is 14.6 Å². The van der Waals surface area contributed by atoms with Crippen LogP contribution in [0.15, 0.2) is 17.2 Å². The summed E-state index contributed by atoms with van der Waals surface area (Å²) in [5.41, 5.74) is -0.0137. The van der Waals surface area contributed by atoms with Crippen molar-refractivity contribution in [3.8, 4) is 0 Å². The van der Waals surface area contributed by atoms with E-state index in [1.165, 1.54) is 28.2 Å². The largest absolute Gasteiger partial charge is 0.451 e. The summed E-state index contributed by atoms with van der Waals surface area (Å²) in [5.74, 6) is -1.62. The second-order valence-electron chi connectivity index (χ2n) is 7.19. The van der Waals surface area contributed by atoms with Gasteiger partial charge in [0.05, 0.1) is 0 Å². The first-order chi connectivity index (χ1) is 14.2. The molecule has 0 bridgehead atoms. The Hall–Kier alpha value is -2.40. The highest BCUT2D eigenvalue weighted by Gasteiger charge is 2.26. The van der Waals surface area contributed by atoms with Crippen molar-refractivity contribution in [2.24, 2.45) is 7.05 Å².